The molecule has 0 saturated heterocycles. The molecule has 0 aliphatic carbocycles. The van der Waals surface area contributed by atoms with Gasteiger partial charge in [-0.15, -0.1) is 0 Å². The van der Waals surface area contributed by atoms with Crippen LogP contribution in [0.1, 0.15) is 39.3 Å². The predicted octanol–water partition coefficient (Wildman–Crippen LogP) is 4.55. The monoisotopic (exact) mass is 388 g/mol. The number of carbonyl (C=O) groups is 1. The van der Waals surface area contributed by atoms with Crippen LogP contribution in [0.5, 0.6) is 11.5 Å². The molecule has 0 saturated carbocycles. The molecule has 0 radical (unpaired) electrons. The van der Waals surface area contributed by atoms with E-state index in [2.05, 4.69) is 24.5 Å². The molecular weight excluding hydrogens is 359 g/mol. The second-order valence-corrected chi connectivity index (χ2v) is 6.73. The Labute approximate surface area is 166 Å². The first kappa shape index (κ1) is 21.7. The average molecular weight is 388 g/mol. The van der Waals surface area contributed by atoms with Crippen molar-refractivity contribution < 1.29 is 18.7 Å². The Balaban J connectivity index is 2.05. The topological polar surface area (TPSA) is 59.6 Å². The molecule has 0 heterocycles. The van der Waals surface area contributed by atoms with Gasteiger partial charge >= 0.3 is 0 Å². The number of ether oxygens (including phenoxy) is 2. The van der Waals surface area contributed by atoms with Crippen LogP contribution in [0.25, 0.3) is 0 Å². The fraction of sp³-hybridized carbons (Fsp3) is 0.409. The van der Waals surface area contributed by atoms with Crippen LogP contribution < -0.4 is 20.1 Å². The van der Waals surface area contributed by atoms with E-state index in [-0.39, 0.29) is 30.2 Å². The van der Waals surface area contributed by atoms with E-state index in [1.807, 2.05) is 19.9 Å². The number of hydrogen-bond donors (Lipinski definition) is 2. The first-order valence-electron chi connectivity index (χ1n) is 9.62. The first-order chi connectivity index (χ1) is 13.4. The number of rotatable bonds is 10. The lowest BCUT2D eigenvalue weighted by atomic mass is 9.96. The highest BCUT2D eigenvalue weighted by Gasteiger charge is 2.17. The van der Waals surface area contributed by atoms with Gasteiger partial charge in [0.15, 0.2) is 0 Å². The van der Waals surface area contributed by atoms with Gasteiger partial charge in [-0.2, -0.15) is 0 Å². The van der Waals surface area contributed by atoms with Gasteiger partial charge < -0.3 is 20.1 Å². The van der Waals surface area contributed by atoms with E-state index in [9.17, 15) is 9.18 Å². The Morgan fingerprint density at radius 1 is 1.04 bits per heavy atom. The van der Waals surface area contributed by atoms with Crippen molar-refractivity contribution in [3.63, 3.8) is 0 Å². The average Bonchev–Trinajstić information content (AvgIpc) is 2.65. The quantitative estimate of drug-likeness (QED) is 0.627. The van der Waals surface area contributed by atoms with E-state index < -0.39 is 0 Å². The minimum Gasteiger partial charge on any atom is -0.494 e. The number of amides is 1. The third kappa shape index (κ3) is 6.23. The van der Waals surface area contributed by atoms with Gasteiger partial charge in [0.25, 0.3) is 0 Å². The molecule has 5 nitrogen and oxygen atoms in total. The Kier molecular flexibility index (Phi) is 8.26. The zero-order valence-corrected chi connectivity index (χ0v) is 16.9. The molecule has 0 aromatic heterocycles. The van der Waals surface area contributed by atoms with Crippen molar-refractivity contribution in [3.8, 4) is 11.5 Å². The molecule has 152 valence electrons. The van der Waals surface area contributed by atoms with Crippen LogP contribution in [-0.2, 0) is 4.79 Å². The van der Waals surface area contributed by atoms with Gasteiger partial charge in [0, 0.05) is 12.1 Å². The molecule has 0 spiro atoms. The summed E-state index contributed by atoms with van der Waals surface area (Å²) >= 11 is 0. The van der Waals surface area contributed by atoms with Crippen LogP contribution in [0, 0.1) is 11.7 Å². The molecule has 1 atom stereocenters. The summed E-state index contributed by atoms with van der Waals surface area (Å²) in [5.41, 5.74) is 1.51. The number of hydrogen-bond acceptors (Lipinski definition) is 4. The highest BCUT2D eigenvalue weighted by molar-refractivity contribution is 5.94. The zero-order valence-electron chi connectivity index (χ0n) is 16.9. The largest absolute Gasteiger partial charge is 0.494 e. The number of carbonyl (C=O) groups excluding carboxylic acids is 1. The van der Waals surface area contributed by atoms with Crippen molar-refractivity contribution in [1.29, 1.82) is 0 Å². The van der Waals surface area contributed by atoms with Gasteiger partial charge in [-0.3, -0.25) is 4.79 Å². The second-order valence-electron chi connectivity index (χ2n) is 6.73. The third-order valence-corrected chi connectivity index (χ3v) is 4.21. The maximum Gasteiger partial charge on any atom is 0.238 e. The molecule has 1 amide bonds. The fourth-order valence-electron chi connectivity index (χ4n) is 2.95. The Morgan fingerprint density at radius 3 is 2.32 bits per heavy atom. The summed E-state index contributed by atoms with van der Waals surface area (Å²) in [6.07, 6.45) is 0. The highest BCUT2D eigenvalue weighted by atomic mass is 19.1. The van der Waals surface area contributed by atoms with E-state index in [0.717, 1.165) is 5.56 Å². The lowest BCUT2D eigenvalue weighted by molar-refractivity contribution is -0.115. The summed E-state index contributed by atoms with van der Waals surface area (Å²) in [6, 6.07) is 11.6. The van der Waals surface area contributed by atoms with E-state index >= 15 is 0 Å². The minimum absolute atomic E-state index is 0.0625. The Morgan fingerprint density at radius 2 is 1.71 bits per heavy atom. The molecule has 1 unspecified atom stereocenters. The van der Waals surface area contributed by atoms with Gasteiger partial charge in [-0.05, 0) is 49.6 Å². The van der Waals surface area contributed by atoms with Crippen molar-refractivity contribution in [1.82, 2.24) is 5.32 Å². The standard InChI is InChI=1S/C22H29FN2O3/c1-5-27-18-11-12-20(28-6-2)19(13-18)25-21(26)14-24-22(15(3)4)16-7-9-17(23)10-8-16/h7-13,15,22,24H,5-6,14H2,1-4H3,(H,25,26). The van der Waals surface area contributed by atoms with E-state index in [1.165, 1.54) is 12.1 Å². The predicted molar refractivity (Wildman–Crippen MR) is 109 cm³/mol. The van der Waals surface area contributed by atoms with Crippen LogP contribution in [0.3, 0.4) is 0 Å². The van der Waals surface area contributed by atoms with Gasteiger partial charge in [-0.1, -0.05) is 26.0 Å². The van der Waals surface area contributed by atoms with E-state index in [1.54, 1.807) is 24.3 Å². The number of halogens is 1. The first-order valence-corrected chi connectivity index (χ1v) is 9.62. The van der Waals surface area contributed by atoms with E-state index in [4.69, 9.17) is 9.47 Å². The van der Waals surface area contributed by atoms with Crippen molar-refractivity contribution in [3.05, 3.63) is 53.8 Å². The fourth-order valence-corrected chi connectivity index (χ4v) is 2.95. The SMILES string of the molecule is CCOc1ccc(OCC)c(NC(=O)CNC(c2ccc(F)cc2)C(C)C)c1. The van der Waals surface area contributed by atoms with Gasteiger partial charge in [0.2, 0.25) is 5.91 Å². The minimum atomic E-state index is -0.276. The molecule has 2 N–H and O–H groups in total. The Hall–Kier alpha value is -2.60. The molecule has 0 fully saturated rings. The molecule has 2 rings (SSSR count). The lowest BCUT2D eigenvalue weighted by Gasteiger charge is -2.23. The smallest absolute Gasteiger partial charge is 0.238 e. The lowest BCUT2D eigenvalue weighted by Crippen LogP contribution is -2.33. The molecule has 28 heavy (non-hydrogen) atoms. The molecule has 0 aliphatic heterocycles. The van der Waals surface area contributed by atoms with Crippen molar-refractivity contribution in [2.75, 3.05) is 25.1 Å². The number of benzene rings is 2. The van der Waals surface area contributed by atoms with Crippen LogP contribution in [0.2, 0.25) is 0 Å². The van der Waals surface area contributed by atoms with Gasteiger partial charge in [0.05, 0.1) is 25.4 Å². The number of nitrogens with one attached hydrogen (secondary N) is 2. The molecule has 2 aromatic carbocycles. The van der Waals surface area contributed by atoms with Crippen LogP contribution >= 0.6 is 0 Å². The Bertz CT molecular complexity index is 763. The van der Waals surface area contributed by atoms with Crippen LogP contribution in [0.15, 0.2) is 42.5 Å². The zero-order chi connectivity index (χ0) is 20.5. The van der Waals surface area contributed by atoms with E-state index in [0.29, 0.717) is 30.4 Å². The summed E-state index contributed by atoms with van der Waals surface area (Å²) in [7, 11) is 0. The summed E-state index contributed by atoms with van der Waals surface area (Å²) in [4.78, 5) is 12.5. The second kappa shape index (κ2) is 10.7. The highest BCUT2D eigenvalue weighted by Crippen LogP contribution is 2.29. The summed E-state index contributed by atoms with van der Waals surface area (Å²) in [5.74, 6) is 1.03. The van der Waals surface area contributed by atoms with Crippen molar-refractivity contribution >= 4 is 11.6 Å². The maximum atomic E-state index is 13.2. The van der Waals surface area contributed by atoms with Crippen LogP contribution in [-0.4, -0.2) is 25.7 Å². The summed E-state index contributed by atoms with van der Waals surface area (Å²) in [5, 5.41) is 6.14. The number of anilines is 1. The molecule has 0 aliphatic rings. The normalized spacial score (nSPS) is 11.9. The molecule has 0 bridgehead atoms. The summed E-state index contributed by atoms with van der Waals surface area (Å²) < 4.78 is 24.3. The van der Waals surface area contributed by atoms with Crippen molar-refractivity contribution in [2.24, 2.45) is 5.92 Å². The van der Waals surface area contributed by atoms with Crippen molar-refractivity contribution in [2.45, 2.75) is 33.7 Å². The summed E-state index contributed by atoms with van der Waals surface area (Å²) in [6.45, 7) is 9.05. The van der Waals surface area contributed by atoms with Gasteiger partial charge in [-0.25, -0.2) is 4.39 Å². The van der Waals surface area contributed by atoms with Gasteiger partial charge in [0.1, 0.15) is 17.3 Å². The molecule has 2 aromatic rings. The van der Waals surface area contributed by atoms with Crippen LogP contribution in [0.4, 0.5) is 10.1 Å². The maximum absolute atomic E-state index is 13.2. The molecule has 6 heteroatoms. The molecular formula is C22H29FN2O3. The third-order valence-electron chi connectivity index (χ3n) is 4.21.